The number of amides is 1. The molecule has 23 heavy (non-hydrogen) atoms. The number of likely N-dealkylation sites (N-methyl/N-ethyl adjacent to an activating group) is 1. The Labute approximate surface area is 137 Å². The first kappa shape index (κ1) is 15.6. The average molecular weight is 310 g/mol. The highest BCUT2D eigenvalue weighted by Crippen LogP contribution is 2.19. The number of hydrogen-bond acceptors (Lipinski definition) is 3. The fourth-order valence-corrected chi connectivity index (χ4v) is 2.85. The van der Waals surface area contributed by atoms with Crippen LogP contribution < -0.4 is 0 Å². The highest BCUT2D eigenvalue weighted by molar-refractivity contribution is 5.70. The van der Waals surface area contributed by atoms with E-state index in [1.165, 1.54) is 5.56 Å². The van der Waals surface area contributed by atoms with E-state index in [0.29, 0.717) is 13.2 Å². The number of ether oxygens (including phenoxy) is 1. The number of benzene rings is 2. The Morgan fingerprint density at radius 1 is 1.04 bits per heavy atom. The van der Waals surface area contributed by atoms with Gasteiger partial charge in [0.2, 0.25) is 0 Å². The van der Waals surface area contributed by atoms with Crippen molar-refractivity contribution < 1.29 is 9.53 Å². The lowest BCUT2D eigenvalue weighted by atomic mass is 10.1. The van der Waals surface area contributed by atoms with Gasteiger partial charge in [0, 0.05) is 6.54 Å². The van der Waals surface area contributed by atoms with Crippen LogP contribution in [0.25, 0.3) is 0 Å². The van der Waals surface area contributed by atoms with E-state index < -0.39 is 0 Å². The van der Waals surface area contributed by atoms with Crippen LogP contribution in [0.2, 0.25) is 0 Å². The number of rotatable bonds is 6. The van der Waals surface area contributed by atoms with E-state index in [1.54, 1.807) is 4.90 Å². The van der Waals surface area contributed by atoms with Crippen molar-refractivity contribution in [3.8, 4) is 0 Å². The molecular weight excluding hydrogens is 288 g/mol. The molecule has 2 aromatic rings. The number of nitrogens with zero attached hydrogens (tertiary/aromatic N) is 2. The van der Waals surface area contributed by atoms with E-state index in [-0.39, 0.29) is 12.3 Å². The smallest absolute Gasteiger partial charge is 0.411 e. The molecule has 0 aromatic heterocycles. The monoisotopic (exact) mass is 310 g/mol. The zero-order chi connectivity index (χ0) is 16.1. The SMILES string of the molecule is CN(CCc1ccccc1)[C@H]1COC(=O)N1Cc1ccccc1. The zero-order valence-electron chi connectivity index (χ0n) is 13.4. The summed E-state index contributed by atoms with van der Waals surface area (Å²) in [5.74, 6) is 0. The lowest BCUT2D eigenvalue weighted by Crippen LogP contribution is -2.45. The highest BCUT2D eigenvalue weighted by Gasteiger charge is 2.35. The maximum atomic E-state index is 12.0. The van der Waals surface area contributed by atoms with Gasteiger partial charge < -0.3 is 4.74 Å². The van der Waals surface area contributed by atoms with Crippen LogP contribution in [-0.4, -0.2) is 42.3 Å². The minimum absolute atomic E-state index is 0.00795. The fourth-order valence-electron chi connectivity index (χ4n) is 2.85. The molecule has 1 fully saturated rings. The van der Waals surface area contributed by atoms with E-state index in [9.17, 15) is 4.79 Å². The lowest BCUT2D eigenvalue weighted by molar-refractivity contribution is 0.115. The van der Waals surface area contributed by atoms with Gasteiger partial charge in [0.25, 0.3) is 0 Å². The Morgan fingerprint density at radius 3 is 2.30 bits per heavy atom. The molecule has 1 aliphatic rings. The third kappa shape index (κ3) is 3.90. The molecule has 0 aliphatic carbocycles. The van der Waals surface area contributed by atoms with Crippen LogP contribution in [0.3, 0.4) is 0 Å². The van der Waals surface area contributed by atoms with Gasteiger partial charge in [-0.15, -0.1) is 0 Å². The Kier molecular flexibility index (Phi) is 4.93. The summed E-state index contributed by atoms with van der Waals surface area (Å²) < 4.78 is 5.27. The molecule has 3 rings (SSSR count). The van der Waals surface area contributed by atoms with Gasteiger partial charge in [0.15, 0.2) is 0 Å². The first-order valence-electron chi connectivity index (χ1n) is 7.95. The van der Waals surface area contributed by atoms with Gasteiger partial charge in [0.1, 0.15) is 12.8 Å². The van der Waals surface area contributed by atoms with Crippen molar-refractivity contribution in [1.82, 2.24) is 9.80 Å². The van der Waals surface area contributed by atoms with Crippen molar-refractivity contribution in [2.45, 2.75) is 19.1 Å². The molecule has 120 valence electrons. The second kappa shape index (κ2) is 7.29. The van der Waals surface area contributed by atoms with E-state index in [4.69, 9.17) is 4.74 Å². The number of cyclic esters (lactones) is 1. The molecule has 0 bridgehead atoms. The highest BCUT2D eigenvalue weighted by atomic mass is 16.6. The van der Waals surface area contributed by atoms with Crippen molar-refractivity contribution in [3.05, 3.63) is 71.8 Å². The van der Waals surface area contributed by atoms with Crippen LogP contribution in [-0.2, 0) is 17.7 Å². The standard InChI is InChI=1S/C19H22N2O2/c1-20(13-12-16-8-4-2-5-9-16)18-15-23-19(22)21(18)14-17-10-6-3-7-11-17/h2-11,18H,12-15H2,1H3/t18-/m1/s1. The molecule has 1 heterocycles. The molecule has 0 N–H and O–H groups in total. The second-order valence-electron chi connectivity index (χ2n) is 5.89. The lowest BCUT2D eigenvalue weighted by Gasteiger charge is -2.29. The summed E-state index contributed by atoms with van der Waals surface area (Å²) in [4.78, 5) is 16.0. The minimum atomic E-state index is -0.231. The topological polar surface area (TPSA) is 32.8 Å². The van der Waals surface area contributed by atoms with E-state index in [2.05, 4.69) is 29.2 Å². The van der Waals surface area contributed by atoms with Crippen LogP contribution in [0.15, 0.2) is 60.7 Å². The molecule has 0 saturated carbocycles. The van der Waals surface area contributed by atoms with Gasteiger partial charge in [-0.05, 0) is 24.6 Å². The molecule has 4 nitrogen and oxygen atoms in total. The molecule has 0 spiro atoms. The van der Waals surface area contributed by atoms with Crippen LogP contribution >= 0.6 is 0 Å². The van der Waals surface area contributed by atoms with E-state index in [1.807, 2.05) is 43.4 Å². The predicted octanol–water partition coefficient (Wildman–Crippen LogP) is 3.14. The Bertz CT molecular complexity index is 630. The fraction of sp³-hybridized carbons (Fsp3) is 0.316. The van der Waals surface area contributed by atoms with Gasteiger partial charge in [-0.3, -0.25) is 9.80 Å². The van der Waals surface area contributed by atoms with Crippen molar-refractivity contribution >= 4 is 6.09 Å². The summed E-state index contributed by atoms with van der Waals surface area (Å²) in [5.41, 5.74) is 2.42. The maximum Gasteiger partial charge on any atom is 0.411 e. The summed E-state index contributed by atoms with van der Waals surface area (Å²) in [5, 5.41) is 0. The molecule has 4 heteroatoms. The van der Waals surface area contributed by atoms with Crippen molar-refractivity contribution in [2.24, 2.45) is 0 Å². The second-order valence-corrected chi connectivity index (χ2v) is 5.89. The first-order chi connectivity index (χ1) is 11.2. The van der Waals surface area contributed by atoms with Crippen LogP contribution in [0.5, 0.6) is 0 Å². The van der Waals surface area contributed by atoms with Crippen LogP contribution in [0.4, 0.5) is 4.79 Å². The zero-order valence-corrected chi connectivity index (χ0v) is 13.4. The van der Waals surface area contributed by atoms with Crippen LogP contribution in [0, 0.1) is 0 Å². The molecule has 1 saturated heterocycles. The number of carbonyl (C=O) groups excluding carboxylic acids is 1. The van der Waals surface area contributed by atoms with Gasteiger partial charge in [-0.1, -0.05) is 60.7 Å². The molecule has 0 radical (unpaired) electrons. The van der Waals surface area contributed by atoms with Gasteiger partial charge in [-0.2, -0.15) is 0 Å². The normalized spacial score (nSPS) is 17.6. The molecule has 1 aliphatic heterocycles. The summed E-state index contributed by atoms with van der Waals surface area (Å²) >= 11 is 0. The van der Waals surface area contributed by atoms with Gasteiger partial charge >= 0.3 is 6.09 Å². The predicted molar refractivity (Wildman–Crippen MR) is 89.9 cm³/mol. The van der Waals surface area contributed by atoms with Gasteiger partial charge in [-0.25, -0.2) is 4.79 Å². The Morgan fingerprint density at radius 2 is 1.65 bits per heavy atom. The molecule has 2 aromatic carbocycles. The number of carbonyl (C=O) groups is 1. The summed E-state index contributed by atoms with van der Waals surface area (Å²) in [6, 6.07) is 20.4. The molecular formula is C19H22N2O2. The van der Waals surface area contributed by atoms with E-state index >= 15 is 0 Å². The van der Waals surface area contributed by atoms with Crippen LogP contribution in [0.1, 0.15) is 11.1 Å². The van der Waals surface area contributed by atoms with Crippen molar-refractivity contribution in [3.63, 3.8) is 0 Å². The minimum Gasteiger partial charge on any atom is -0.446 e. The Balaban J connectivity index is 1.62. The van der Waals surface area contributed by atoms with Crippen molar-refractivity contribution in [2.75, 3.05) is 20.2 Å². The first-order valence-corrected chi connectivity index (χ1v) is 7.95. The number of hydrogen-bond donors (Lipinski definition) is 0. The third-order valence-electron chi connectivity index (χ3n) is 4.25. The summed E-state index contributed by atoms with van der Waals surface area (Å²) in [6.07, 6.45) is 0.720. The van der Waals surface area contributed by atoms with Crippen molar-refractivity contribution in [1.29, 1.82) is 0 Å². The largest absolute Gasteiger partial charge is 0.446 e. The summed E-state index contributed by atoms with van der Waals surface area (Å²) in [7, 11) is 2.05. The van der Waals surface area contributed by atoms with Gasteiger partial charge in [0.05, 0.1) is 6.54 Å². The summed E-state index contributed by atoms with van der Waals surface area (Å²) in [6.45, 7) is 1.90. The molecule has 1 amide bonds. The Hall–Kier alpha value is -2.33. The maximum absolute atomic E-state index is 12.0. The molecule has 0 unspecified atom stereocenters. The quantitative estimate of drug-likeness (QED) is 0.822. The third-order valence-corrected chi connectivity index (χ3v) is 4.25. The van der Waals surface area contributed by atoms with E-state index in [0.717, 1.165) is 18.5 Å². The molecule has 1 atom stereocenters. The average Bonchev–Trinajstić information content (AvgIpc) is 2.95.